The van der Waals surface area contributed by atoms with Gasteiger partial charge in [-0.2, -0.15) is 13.2 Å². The summed E-state index contributed by atoms with van der Waals surface area (Å²) in [6.45, 7) is -1.24. The molecule has 0 aliphatic heterocycles. The van der Waals surface area contributed by atoms with Crippen LogP contribution in [0, 0.1) is 5.82 Å². The molecule has 2 nitrogen and oxygen atoms in total. The van der Waals surface area contributed by atoms with Crippen LogP contribution in [0.3, 0.4) is 0 Å². The number of aromatic nitrogens is 2. The van der Waals surface area contributed by atoms with Crippen LogP contribution in [0.4, 0.5) is 17.6 Å². The molecule has 0 fully saturated rings. The molecule has 0 spiro atoms. The first-order valence-electron chi connectivity index (χ1n) is 4.25. The lowest BCUT2D eigenvalue weighted by Gasteiger charge is -2.08. The third kappa shape index (κ3) is 2.11. The molecule has 1 heterocycles. The van der Waals surface area contributed by atoms with Gasteiger partial charge in [-0.3, -0.25) is 0 Å². The number of halogens is 5. The number of rotatable bonds is 1. The third-order valence-electron chi connectivity index (χ3n) is 2.00. The molecule has 2 rings (SSSR count). The van der Waals surface area contributed by atoms with Crippen molar-refractivity contribution in [2.75, 3.05) is 0 Å². The van der Waals surface area contributed by atoms with Gasteiger partial charge in [-0.1, -0.05) is 0 Å². The van der Waals surface area contributed by atoms with E-state index in [1.165, 1.54) is 6.07 Å². The fourth-order valence-corrected chi connectivity index (χ4v) is 1.65. The van der Waals surface area contributed by atoms with E-state index in [-0.39, 0.29) is 16.3 Å². The lowest BCUT2D eigenvalue weighted by molar-refractivity contribution is -0.139. The van der Waals surface area contributed by atoms with Crippen LogP contribution in [0.1, 0.15) is 0 Å². The zero-order chi connectivity index (χ0) is 11.9. The number of hydrogen-bond donors (Lipinski definition) is 0. The highest BCUT2D eigenvalue weighted by Gasteiger charge is 2.30. The van der Waals surface area contributed by atoms with Gasteiger partial charge in [0.05, 0.1) is 11.0 Å². The lowest BCUT2D eigenvalue weighted by Crippen LogP contribution is -2.17. The molecule has 0 atom stereocenters. The zero-order valence-electron chi connectivity index (χ0n) is 7.72. The predicted molar refractivity (Wildman–Crippen MR) is 50.8 cm³/mol. The van der Waals surface area contributed by atoms with E-state index in [1.807, 2.05) is 0 Å². The topological polar surface area (TPSA) is 17.8 Å². The average Bonchev–Trinajstić information content (AvgIpc) is 2.40. The summed E-state index contributed by atoms with van der Waals surface area (Å²) in [6.07, 6.45) is -4.40. The standard InChI is InChI=1S/C9H5ClF4N2/c10-8-15-6-3-5(11)1-2-7(6)16(8)4-9(12,13)14/h1-3H,4H2. The molecule has 0 saturated heterocycles. The molecule has 0 unspecified atom stereocenters. The first kappa shape index (κ1) is 11.2. The second-order valence-corrected chi connectivity index (χ2v) is 3.55. The van der Waals surface area contributed by atoms with Crippen LogP contribution in [0.15, 0.2) is 18.2 Å². The van der Waals surface area contributed by atoms with Gasteiger partial charge in [-0.15, -0.1) is 0 Å². The van der Waals surface area contributed by atoms with Crippen molar-refractivity contribution >= 4 is 22.6 Å². The fraction of sp³-hybridized carbons (Fsp3) is 0.222. The van der Waals surface area contributed by atoms with Gasteiger partial charge in [0.15, 0.2) is 0 Å². The number of alkyl halides is 3. The Morgan fingerprint density at radius 3 is 2.62 bits per heavy atom. The van der Waals surface area contributed by atoms with Gasteiger partial charge in [0.25, 0.3) is 0 Å². The summed E-state index contributed by atoms with van der Waals surface area (Å²) in [5, 5.41) is -0.307. The molecular weight excluding hydrogens is 248 g/mol. The molecule has 1 aromatic heterocycles. The Bertz CT molecular complexity index is 532. The summed E-state index contributed by atoms with van der Waals surface area (Å²) < 4.78 is 50.3. The van der Waals surface area contributed by atoms with E-state index in [0.29, 0.717) is 0 Å². The molecule has 86 valence electrons. The number of benzene rings is 1. The summed E-state index contributed by atoms with van der Waals surface area (Å²) in [5.74, 6) is -0.569. The molecule has 0 aliphatic carbocycles. The highest BCUT2D eigenvalue weighted by atomic mass is 35.5. The van der Waals surface area contributed by atoms with E-state index >= 15 is 0 Å². The van der Waals surface area contributed by atoms with E-state index in [2.05, 4.69) is 4.98 Å². The highest BCUT2D eigenvalue weighted by Crippen LogP contribution is 2.26. The first-order valence-corrected chi connectivity index (χ1v) is 4.63. The van der Waals surface area contributed by atoms with Crippen LogP contribution in [0.2, 0.25) is 5.28 Å². The Kier molecular flexibility index (Phi) is 2.53. The Morgan fingerprint density at radius 1 is 1.31 bits per heavy atom. The Labute approximate surface area is 92.4 Å². The highest BCUT2D eigenvalue weighted by molar-refractivity contribution is 6.29. The normalized spacial score (nSPS) is 12.3. The molecule has 0 saturated carbocycles. The molecule has 2 aromatic rings. The molecule has 0 bridgehead atoms. The summed E-state index contributed by atoms with van der Waals surface area (Å²) in [5.41, 5.74) is 0.262. The summed E-state index contributed by atoms with van der Waals surface area (Å²) >= 11 is 5.56. The largest absolute Gasteiger partial charge is 0.406 e. The Hall–Kier alpha value is -1.30. The molecule has 0 N–H and O–H groups in total. The van der Waals surface area contributed by atoms with Crippen LogP contribution >= 0.6 is 11.6 Å². The number of nitrogens with zero attached hydrogens (tertiary/aromatic N) is 2. The van der Waals surface area contributed by atoms with Crippen LogP contribution in [-0.2, 0) is 6.54 Å². The van der Waals surface area contributed by atoms with Crippen molar-refractivity contribution in [1.82, 2.24) is 9.55 Å². The van der Waals surface area contributed by atoms with E-state index < -0.39 is 18.5 Å². The minimum atomic E-state index is -4.40. The first-order chi connectivity index (χ1) is 7.37. The maximum absolute atomic E-state index is 12.8. The quantitative estimate of drug-likeness (QED) is 0.712. The average molecular weight is 253 g/mol. The van der Waals surface area contributed by atoms with Gasteiger partial charge in [0.1, 0.15) is 12.4 Å². The smallest absolute Gasteiger partial charge is 0.305 e. The van der Waals surface area contributed by atoms with Gasteiger partial charge >= 0.3 is 6.18 Å². The van der Waals surface area contributed by atoms with Crippen molar-refractivity contribution in [1.29, 1.82) is 0 Å². The molecule has 7 heteroatoms. The molecule has 0 aliphatic rings. The third-order valence-corrected chi connectivity index (χ3v) is 2.29. The monoisotopic (exact) mass is 252 g/mol. The predicted octanol–water partition coefficient (Wildman–Crippen LogP) is 3.39. The number of fused-ring (bicyclic) bond motifs is 1. The van der Waals surface area contributed by atoms with Crippen molar-refractivity contribution in [2.24, 2.45) is 0 Å². The maximum atomic E-state index is 12.8. The van der Waals surface area contributed by atoms with E-state index in [0.717, 1.165) is 16.7 Å². The summed E-state index contributed by atoms with van der Waals surface area (Å²) in [6, 6.07) is 3.32. The second kappa shape index (κ2) is 3.62. The Morgan fingerprint density at radius 2 is 2.00 bits per heavy atom. The zero-order valence-corrected chi connectivity index (χ0v) is 8.48. The van der Waals surface area contributed by atoms with E-state index in [1.54, 1.807) is 0 Å². The van der Waals surface area contributed by atoms with Crippen molar-refractivity contribution in [3.05, 3.63) is 29.3 Å². The van der Waals surface area contributed by atoms with Gasteiger partial charge < -0.3 is 4.57 Å². The minimum Gasteiger partial charge on any atom is -0.305 e. The van der Waals surface area contributed by atoms with E-state index in [4.69, 9.17) is 11.6 Å². The molecule has 0 amide bonds. The minimum absolute atomic E-state index is 0.106. The SMILES string of the molecule is Fc1ccc2c(c1)nc(Cl)n2CC(F)(F)F. The summed E-state index contributed by atoms with van der Waals surface area (Å²) in [7, 11) is 0. The number of imidazole rings is 1. The van der Waals surface area contributed by atoms with Crippen LogP contribution in [-0.4, -0.2) is 15.7 Å². The van der Waals surface area contributed by atoms with Crippen LogP contribution in [0.25, 0.3) is 11.0 Å². The second-order valence-electron chi connectivity index (χ2n) is 3.22. The summed E-state index contributed by atoms with van der Waals surface area (Å²) in [4.78, 5) is 3.65. The molecule has 0 radical (unpaired) electrons. The Balaban J connectivity index is 2.56. The molecule has 1 aromatic carbocycles. The van der Waals surface area contributed by atoms with Gasteiger partial charge in [-0.25, -0.2) is 9.37 Å². The van der Waals surface area contributed by atoms with Crippen molar-refractivity contribution < 1.29 is 17.6 Å². The molecular formula is C9H5ClF4N2. The molecule has 16 heavy (non-hydrogen) atoms. The van der Waals surface area contributed by atoms with Gasteiger partial charge in [0.2, 0.25) is 5.28 Å². The van der Waals surface area contributed by atoms with Gasteiger partial charge in [0, 0.05) is 6.07 Å². The number of hydrogen-bond acceptors (Lipinski definition) is 1. The van der Waals surface area contributed by atoms with Crippen molar-refractivity contribution in [3.63, 3.8) is 0 Å². The van der Waals surface area contributed by atoms with E-state index in [9.17, 15) is 17.6 Å². The van der Waals surface area contributed by atoms with Crippen LogP contribution < -0.4 is 0 Å². The maximum Gasteiger partial charge on any atom is 0.406 e. The lowest BCUT2D eigenvalue weighted by atomic mass is 10.3. The van der Waals surface area contributed by atoms with Crippen molar-refractivity contribution in [2.45, 2.75) is 12.7 Å². The van der Waals surface area contributed by atoms with Crippen LogP contribution in [0.5, 0.6) is 0 Å². The fourth-order valence-electron chi connectivity index (χ4n) is 1.40. The van der Waals surface area contributed by atoms with Gasteiger partial charge in [-0.05, 0) is 23.7 Å². The van der Waals surface area contributed by atoms with Crippen molar-refractivity contribution in [3.8, 4) is 0 Å².